The van der Waals surface area contributed by atoms with Gasteiger partial charge in [0.05, 0.1) is 13.2 Å². The van der Waals surface area contributed by atoms with Crippen molar-refractivity contribution in [3.8, 4) is 0 Å². The van der Waals surface area contributed by atoms with Crippen molar-refractivity contribution in [2.75, 3.05) is 26.3 Å². The maximum Gasteiger partial charge on any atom is 0.359 e. The van der Waals surface area contributed by atoms with Gasteiger partial charge in [0.15, 0.2) is 11.8 Å². The van der Waals surface area contributed by atoms with Crippen molar-refractivity contribution in [2.45, 2.75) is 6.10 Å². The zero-order chi connectivity index (χ0) is 18.5. The molecule has 1 fully saturated rings. The van der Waals surface area contributed by atoms with Crippen LogP contribution in [0.1, 0.15) is 17.2 Å². The minimum absolute atomic E-state index is 0.364. The van der Waals surface area contributed by atoms with Crippen molar-refractivity contribution in [2.24, 2.45) is 0 Å². The van der Waals surface area contributed by atoms with Crippen LogP contribution in [-0.2, 0) is 14.3 Å². The highest BCUT2D eigenvalue weighted by molar-refractivity contribution is 8.00. The molecule has 0 saturated carbocycles. The lowest BCUT2D eigenvalue weighted by molar-refractivity contribution is -0.151. The first-order chi connectivity index (χ1) is 13.3. The van der Waals surface area contributed by atoms with E-state index in [1.54, 1.807) is 10.5 Å². The number of morpholine rings is 1. The summed E-state index contributed by atoms with van der Waals surface area (Å²) in [5.41, 5.74) is 2.36. The Morgan fingerprint density at radius 1 is 1.00 bits per heavy atom. The van der Waals surface area contributed by atoms with Crippen molar-refractivity contribution < 1.29 is 14.3 Å². The Hall–Kier alpha value is -2.32. The smallest absolute Gasteiger partial charge is 0.359 e. The number of hydrogen-bond donors (Lipinski definition) is 1. The highest BCUT2D eigenvalue weighted by Crippen LogP contribution is 2.29. The molecule has 1 saturated heterocycles. The van der Waals surface area contributed by atoms with Gasteiger partial charge in [0.1, 0.15) is 0 Å². The molecule has 2 aliphatic heterocycles. The van der Waals surface area contributed by atoms with Crippen LogP contribution in [-0.4, -0.2) is 42.4 Å². The summed E-state index contributed by atoms with van der Waals surface area (Å²) >= 11 is 1.36. The molecular formula is C20H21N3O3S. The van der Waals surface area contributed by atoms with Crippen molar-refractivity contribution >= 4 is 17.9 Å². The summed E-state index contributed by atoms with van der Waals surface area (Å²) in [4.78, 5) is 16.1. The molecule has 4 rings (SSSR count). The van der Waals surface area contributed by atoms with Gasteiger partial charge in [-0.2, -0.15) is 4.83 Å². The van der Waals surface area contributed by atoms with Crippen molar-refractivity contribution in [3.05, 3.63) is 82.9 Å². The Morgan fingerprint density at radius 2 is 1.59 bits per heavy atom. The number of rotatable bonds is 5. The Morgan fingerprint density at radius 3 is 2.19 bits per heavy atom. The van der Waals surface area contributed by atoms with Crippen LogP contribution in [0.5, 0.6) is 0 Å². The molecule has 2 aromatic rings. The summed E-state index contributed by atoms with van der Waals surface area (Å²) in [7, 11) is 0. The average Bonchev–Trinajstić information content (AvgIpc) is 3.24. The normalized spacial score (nSPS) is 17.8. The first kappa shape index (κ1) is 18.1. The van der Waals surface area contributed by atoms with Crippen molar-refractivity contribution in [3.63, 3.8) is 0 Å². The molecule has 0 bridgehead atoms. The zero-order valence-electron chi connectivity index (χ0n) is 14.8. The van der Waals surface area contributed by atoms with E-state index in [4.69, 9.17) is 9.47 Å². The lowest BCUT2D eigenvalue weighted by atomic mass is 10.0. The predicted octanol–water partition coefficient (Wildman–Crippen LogP) is 2.88. The van der Waals surface area contributed by atoms with E-state index in [-0.39, 0.29) is 5.97 Å². The van der Waals surface area contributed by atoms with Gasteiger partial charge in [-0.25, -0.2) is 14.9 Å². The highest BCUT2D eigenvalue weighted by atomic mass is 32.2. The quantitative estimate of drug-likeness (QED) is 0.629. The minimum Gasteiger partial charge on any atom is -0.448 e. The van der Waals surface area contributed by atoms with Crippen LogP contribution in [0.2, 0.25) is 0 Å². The van der Waals surface area contributed by atoms with Crippen LogP contribution in [0, 0.1) is 0 Å². The Bertz CT molecular complexity index is 755. The van der Waals surface area contributed by atoms with Crippen molar-refractivity contribution in [1.82, 2.24) is 15.0 Å². The van der Waals surface area contributed by atoms with E-state index in [0.717, 1.165) is 24.2 Å². The topological polar surface area (TPSA) is 54.0 Å². The number of nitrogens with zero attached hydrogens (tertiary/aromatic N) is 2. The lowest BCUT2D eigenvalue weighted by Crippen LogP contribution is -2.52. The molecule has 0 aromatic heterocycles. The van der Waals surface area contributed by atoms with Gasteiger partial charge >= 0.3 is 5.97 Å². The number of esters is 1. The molecule has 0 spiro atoms. The summed E-state index contributed by atoms with van der Waals surface area (Å²) in [5.74, 6) is -0.364. The van der Waals surface area contributed by atoms with E-state index in [1.807, 2.05) is 60.7 Å². The molecular weight excluding hydrogens is 362 g/mol. The first-order valence-corrected chi connectivity index (χ1v) is 9.76. The van der Waals surface area contributed by atoms with Gasteiger partial charge in [0.25, 0.3) is 0 Å². The molecule has 27 heavy (non-hydrogen) atoms. The highest BCUT2D eigenvalue weighted by Gasteiger charge is 2.32. The number of hydrazine groups is 2. The van der Waals surface area contributed by atoms with Crippen LogP contribution in [0.15, 0.2) is 71.8 Å². The number of hydrogen-bond acceptors (Lipinski definition) is 7. The molecule has 1 N–H and O–H groups in total. The second kappa shape index (κ2) is 8.58. The fourth-order valence-corrected chi connectivity index (χ4v) is 3.76. The molecule has 0 atom stereocenters. The average molecular weight is 383 g/mol. The van der Waals surface area contributed by atoms with Crippen LogP contribution in [0.4, 0.5) is 0 Å². The molecule has 7 heteroatoms. The number of nitrogens with one attached hydrogen (secondary N) is 1. The van der Waals surface area contributed by atoms with E-state index in [1.165, 1.54) is 11.9 Å². The number of carbonyl (C=O) groups is 1. The Kier molecular flexibility index (Phi) is 5.74. The summed E-state index contributed by atoms with van der Waals surface area (Å²) in [6.45, 7) is 2.72. The van der Waals surface area contributed by atoms with E-state index in [0.29, 0.717) is 18.9 Å². The molecule has 2 aromatic carbocycles. The maximum atomic E-state index is 13.0. The van der Waals surface area contributed by atoms with Gasteiger partial charge in [0.2, 0.25) is 0 Å². The third-order valence-electron chi connectivity index (χ3n) is 4.45. The Labute approximate surface area is 162 Å². The van der Waals surface area contributed by atoms with Crippen LogP contribution in [0.25, 0.3) is 0 Å². The molecule has 6 nitrogen and oxygen atoms in total. The number of ether oxygens (including phenoxy) is 2. The van der Waals surface area contributed by atoms with Crippen molar-refractivity contribution in [1.29, 1.82) is 0 Å². The number of benzene rings is 2. The van der Waals surface area contributed by atoms with Gasteiger partial charge < -0.3 is 9.47 Å². The molecule has 2 aliphatic rings. The standard InChI is InChI=1S/C20H21N3O3S/c24-20(18-15-27-21-23(18)22-11-13-25-14-12-22)26-19(16-7-3-1-4-8-16)17-9-5-2-6-10-17/h1-10,15,19,21H,11-14H2. The monoisotopic (exact) mass is 383 g/mol. The summed E-state index contributed by atoms with van der Waals surface area (Å²) in [5, 5.41) is 5.60. The van der Waals surface area contributed by atoms with Gasteiger partial charge in [-0.05, 0) is 23.1 Å². The predicted molar refractivity (Wildman–Crippen MR) is 104 cm³/mol. The lowest BCUT2D eigenvalue weighted by Gasteiger charge is -2.35. The molecule has 0 amide bonds. The molecule has 0 aliphatic carbocycles. The van der Waals surface area contributed by atoms with E-state index >= 15 is 0 Å². The van der Waals surface area contributed by atoms with Gasteiger partial charge in [0, 0.05) is 18.5 Å². The van der Waals surface area contributed by atoms with Crippen LogP contribution in [0.3, 0.4) is 0 Å². The molecule has 2 heterocycles. The number of carbonyl (C=O) groups excluding carboxylic acids is 1. The zero-order valence-corrected chi connectivity index (χ0v) is 15.6. The Balaban J connectivity index is 1.55. The van der Waals surface area contributed by atoms with Gasteiger partial charge in [-0.1, -0.05) is 60.7 Å². The largest absolute Gasteiger partial charge is 0.448 e. The van der Waals surface area contributed by atoms with E-state index < -0.39 is 6.10 Å². The third kappa shape index (κ3) is 4.17. The SMILES string of the molecule is O=C(OC(c1ccccc1)c1ccccc1)C1=CSNN1N1CCOCC1. The van der Waals surface area contributed by atoms with E-state index in [2.05, 4.69) is 9.84 Å². The summed E-state index contributed by atoms with van der Waals surface area (Å²) in [6, 6.07) is 19.6. The molecule has 0 unspecified atom stereocenters. The fraction of sp³-hybridized carbons (Fsp3) is 0.250. The maximum absolute atomic E-state index is 13.0. The first-order valence-electron chi connectivity index (χ1n) is 8.88. The summed E-state index contributed by atoms with van der Waals surface area (Å²) in [6.07, 6.45) is -0.460. The van der Waals surface area contributed by atoms with Gasteiger partial charge in [-0.15, -0.1) is 0 Å². The second-order valence-electron chi connectivity index (χ2n) is 6.20. The van der Waals surface area contributed by atoms with Crippen LogP contribution >= 0.6 is 11.9 Å². The second-order valence-corrected chi connectivity index (χ2v) is 6.85. The minimum atomic E-state index is -0.460. The van der Waals surface area contributed by atoms with Gasteiger partial charge in [-0.3, -0.25) is 0 Å². The van der Waals surface area contributed by atoms with E-state index in [9.17, 15) is 4.79 Å². The molecule has 140 valence electrons. The third-order valence-corrected chi connectivity index (χ3v) is 5.07. The van der Waals surface area contributed by atoms with Crippen LogP contribution < -0.4 is 4.83 Å². The fourth-order valence-electron chi connectivity index (χ4n) is 3.08. The molecule has 0 radical (unpaired) electrons. The summed E-state index contributed by atoms with van der Waals surface area (Å²) < 4.78 is 11.4.